The summed E-state index contributed by atoms with van der Waals surface area (Å²) < 4.78 is 0. The highest BCUT2D eigenvalue weighted by Crippen LogP contribution is 2.00. The molecule has 0 unspecified atom stereocenters. The van der Waals surface area contributed by atoms with E-state index >= 15 is 0 Å². The molecule has 1 aromatic heterocycles. The zero-order valence-corrected chi connectivity index (χ0v) is 7.53. The van der Waals surface area contributed by atoms with Crippen molar-refractivity contribution in [1.82, 2.24) is 4.98 Å². The Kier molecular flexibility index (Phi) is 2.81. The van der Waals surface area contributed by atoms with E-state index in [1.54, 1.807) is 0 Å². The maximum Gasteiger partial charge on any atom is 0.309 e. The SMILES string of the molecule is CC(=O)c1cc(CC(=O)O)[nH]c(=O)c1. The number of ketones is 1. The second-order valence-electron chi connectivity index (χ2n) is 2.89. The maximum absolute atomic E-state index is 11.0. The van der Waals surface area contributed by atoms with Crippen LogP contribution in [0.3, 0.4) is 0 Å². The van der Waals surface area contributed by atoms with Crippen LogP contribution in [0.4, 0.5) is 0 Å². The molecule has 0 aliphatic heterocycles. The molecular weight excluding hydrogens is 186 g/mol. The molecule has 0 aliphatic rings. The van der Waals surface area contributed by atoms with Gasteiger partial charge >= 0.3 is 5.97 Å². The van der Waals surface area contributed by atoms with Gasteiger partial charge < -0.3 is 10.1 Å². The highest BCUT2D eigenvalue weighted by Gasteiger charge is 2.06. The lowest BCUT2D eigenvalue weighted by molar-refractivity contribution is -0.136. The molecule has 0 amide bonds. The van der Waals surface area contributed by atoms with Crippen LogP contribution in [0, 0.1) is 0 Å². The van der Waals surface area contributed by atoms with Gasteiger partial charge in [-0.1, -0.05) is 0 Å². The summed E-state index contributed by atoms with van der Waals surface area (Å²) in [4.78, 5) is 34.6. The first-order chi connectivity index (χ1) is 6.49. The molecular formula is C9H9NO4. The van der Waals surface area contributed by atoms with E-state index in [1.807, 2.05) is 0 Å². The highest BCUT2D eigenvalue weighted by atomic mass is 16.4. The smallest absolute Gasteiger partial charge is 0.309 e. The lowest BCUT2D eigenvalue weighted by Gasteiger charge is -1.99. The fraction of sp³-hybridized carbons (Fsp3) is 0.222. The van der Waals surface area contributed by atoms with Crippen molar-refractivity contribution < 1.29 is 14.7 Å². The zero-order chi connectivity index (χ0) is 10.7. The van der Waals surface area contributed by atoms with Gasteiger partial charge in [-0.05, 0) is 13.0 Å². The van der Waals surface area contributed by atoms with Crippen LogP contribution >= 0.6 is 0 Å². The van der Waals surface area contributed by atoms with Crippen LogP contribution in [0.5, 0.6) is 0 Å². The number of aromatic nitrogens is 1. The number of carbonyl (C=O) groups is 2. The average Bonchev–Trinajstić information content (AvgIpc) is 2.01. The molecule has 0 fully saturated rings. The summed E-state index contributed by atoms with van der Waals surface area (Å²) in [6, 6.07) is 2.52. The molecule has 0 radical (unpaired) electrons. The minimum absolute atomic E-state index is 0.227. The van der Waals surface area contributed by atoms with E-state index in [0.29, 0.717) is 0 Å². The van der Waals surface area contributed by atoms with Crippen molar-refractivity contribution >= 4 is 11.8 Å². The number of hydrogen-bond acceptors (Lipinski definition) is 3. The number of aromatic amines is 1. The van der Waals surface area contributed by atoms with Gasteiger partial charge in [-0.25, -0.2) is 0 Å². The summed E-state index contributed by atoms with van der Waals surface area (Å²) in [5, 5.41) is 8.48. The van der Waals surface area contributed by atoms with Crippen molar-refractivity contribution in [2.75, 3.05) is 0 Å². The van der Waals surface area contributed by atoms with Crippen LogP contribution < -0.4 is 5.56 Å². The zero-order valence-electron chi connectivity index (χ0n) is 7.53. The standard InChI is InChI=1S/C9H9NO4/c1-5(11)6-2-7(4-9(13)14)10-8(12)3-6/h2-3H,4H2,1H3,(H,10,12)(H,13,14). The third-order valence-corrected chi connectivity index (χ3v) is 1.65. The molecule has 5 heteroatoms. The van der Waals surface area contributed by atoms with Crippen LogP contribution in [0.1, 0.15) is 23.0 Å². The predicted molar refractivity (Wildman–Crippen MR) is 48.4 cm³/mol. The Balaban J connectivity index is 3.13. The summed E-state index contributed by atoms with van der Waals surface area (Å²) in [7, 11) is 0. The summed E-state index contributed by atoms with van der Waals surface area (Å²) in [6.07, 6.45) is -0.295. The molecule has 0 saturated carbocycles. The van der Waals surface area contributed by atoms with Gasteiger partial charge in [0.1, 0.15) is 0 Å². The van der Waals surface area contributed by atoms with E-state index in [1.165, 1.54) is 13.0 Å². The number of carboxylic acids is 1. The largest absolute Gasteiger partial charge is 0.481 e. The predicted octanol–water partition coefficient (Wildman–Crippen LogP) is 0.205. The van der Waals surface area contributed by atoms with Crippen LogP contribution in [-0.4, -0.2) is 21.8 Å². The molecule has 0 atom stereocenters. The number of aliphatic carboxylic acids is 1. The quantitative estimate of drug-likeness (QED) is 0.674. The monoisotopic (exact) mass is 195 g/mol. The molecule has 0 bridgehead atoms. The molecule has 0 aromatic carbocycles. The van der Waals surface area contributed by atoms with Crippen molar-refractivity contribution in [2.45, 2.75) is 13.3 Å². The van der Waals surface area contributed by atoms with Crippen LogP contribution in [-0.2, 0) is 11.2 Å². The number of Topliss-reactive ketones (excluding diaryl/α,β-unsaturated/α-hetero) is 1. The molecule has 1 heterocycles. The number of H-pyrrole nitrogens is 1. The normalized spacial score (nSPS) is 9.79. The molecule has 5 nitrogen and oxygen atoms in total. The van der Waals surface area contributed by atoms with Crippen molar-refractivity contribution in [3.05, 3.63) is 33.7 Å². The second-order valence-corrected chi connectivity index (χ2v) is 2.89. The Morgan fingerprint density at radius 1 is 1.43 bits per heavy atom. The van der Waals surface area contributed by atoms with Crippen LogP contribution in [0.15, 0.2) is 16.9 Å². The Bertz CT molecular complexity index is 433. The van der Waals surface area contributed by atoms with E-state index in [2.05, 4.69) is 4.98 Å². The number of carboxylic acid groups (broad SMARTS) is 1. The van der Waals surface area contributed by atoms with Gasteiger partial charge in [0, 0.05) is 17.3 Å². The first kappa shape index (κ1) is 10.2. The minimum Gasteiger partial charge on any atom is -0.481 e. The molecule has 74 valence electrons. The Hall–Kier alpha value is -1.91. The van der Waals surface area contributed by atoms with Crippen molar-refractivity contribution in [3.63, 3.8) is 0 Å². The molecule has 2 N–H and O–H groups in total. The third-order valence-electron chi connectivity index (χ3n) is 1.65. The summed E-state index contributed by atoms with van der Waals surface area (Å²) >= 11 is 0. The maximum atomic E-state index is 11.0. The van der Waals surface area contributed by atoms with Gasteiger partial charge in [-0.2, -0.15) is 0 Å². The Morgan fingerprint density at radius 3 is 2.57 bits per heavy atom. The number of pyridine rings is 1. The first-order valence-electron chi connectivity index (χ1n) is 3.95. The van der Waals surface area contributed by atoms with Gasteiger partial charge in [0.2, 0.25) is 5.56 Å². The van der Waals surface area contributed by atoms with E-state index in [4.69, 9.17) is 5.11 Å². The van der Waals surface area contributed by atoms with Crippen molar-refractivity contribution in [3.8, 4) is 0 Å². The molecule has 0 saturated heterocycles. The Labute approximate surface area is 79.4 Å². The van der Waals surface area contributed by atoms with Crippen molar-refractivity contribution in [1.29, 1.82) is 0 Å². The lowest BCUT2D eigenvalue weighted by atomic mass is 10.1. The lowest BCUT2D eigenvalue weighted by Crippen LogP contribution is -2.13. The number of rotatable bonds is 3. The Morgan fingerprint density at radius 2 is 2.07 bits per heavy atom. The van der Waals surface area contributed by atoms with E-state index < -0.39 is 11.5 Å². The van der Waals surface area contributed by atoms with Gasteiger partial charge in [0.15, 0.2) is 5.78 Å². The third kappa shape index (κ3) is 2.55. The second kappa shape index (κ2) is 3.87. The van der Waals surface area contributed by atoms with Crippen LogP contribution in [0.25, 0.3) is 0 Å². The van der Waals surface area contributed by atoms with Gasteiger partial charge in [0.25, 0.3) is 0 Å². The highest BCUT2D eigenvalue weighted by molar-refractivity contribution is 5.94. The number of nitrogens with one attached hydrogen (secondary N) is 1. The average molecular weight is 195 g/mol. The molecule has 0 spiro atoms. The molecule has 1 aromatic rings. The van der Waals surface area contributed by atoms with Gasteiger partial charge in [-0.15, -0.1) is 0 Å². The summed E-state index contributed by atoms with van der Waals surface area (Å²) in [5.41, 5.74) is -0.00542. The van der Waals surface area contributed by atoms with E-state index in [0.717, 1.165) is 6.07 Å². The van der Waals surface area contributed by atoms with Gasteiger partial charge in [0.05, 0.1) is 6.42 Å². The molecule has 1 rings (SSSR count). The van der Waals surface area contributed by atoms with Crippen molar-refractivity contribution in [2.24, 2.45) is 0 Å². The van der Waals surface area contributed by atoms with E-state index in [9.17, 15) is 14.4 Å². The molecule has 14 heavy (non-hydrogen) atoms. The minimum atomic E-state index is -1.05. The fourth-order valence-corrected chi connectivity index (χ4v) is 1.06. The fourth-order valence-electron chi connectivity index (χ4n) is 1.06. The van der Waals surface area contributed by atoms with Gasteiger partial charge in [-0.3, -0.25) is 14.4 Å². The number of carbonyl (C=O) groups excluding carboxylic acids is 1. The van der Waals surface area contributed by atoms with E-state index in [-0.39, 0.29) is 23.5 Å². The summed E-state index contributed by atoms with van der Waals surface area (Å²) in [6.45, 7) is 1.32. The topological polar surface area (TPSA) is 87.2 Å². The summed E-state index contributed by atoms with van der Waals surface area (Å²) in [5.74, 6) is -1.32. The number of hydrogen-bond donors (Lipinski definition) is 2. The molecule has 0 aliphatic carbocycles. The first-order valence-corrected chi connectivity index (χ1v) is 3.95. The van der Waals surface area contributed by atoms with Crippen LogP contribution in [0.2, 0.25) is 0 Å².